The highest BCUT2D eigenvalue weighted by Crippen LogP contribution is 2.12. The fourth-order valence-electron chi connectivity index (χ4n) is 2.20. The quantitative estimate of drug-likeness (QED) is 0.805. The fourth-order valence-corrected chi connectivity index (χ4v) is 3.05. The molecule has 6 heteroatoms. The van der Waals surface area contributed by atoms with Crippen molar-refractivity contribution in [1.29, 1.82) is 0 Å². The van der Waals surface area contributed by atoms with Crippen LogP contribution in [0.5, 0.6) is 5.75 Å². The monoisotopic (exact) mass is 271 g/mol. The smallest absolute Gasteiger partial charge is 0.211 e. The number of quaternary nitrogens is 1. The third kappa shape index (κ3) is 3.01. The number of nitrogens with zero attached hydrogens (tertiary/aromatic N) is 1. The number of piperazine rings is 1. The number of sulfonamides is 1. The molecule has 5 nitrogen and oxygen atoms in total. The molecule has 0 aromatic heterocycles. The van der Waals surface area contributed by atoms with Crippen LogP contribution in [0.4, 0.5) is 5.69 Å². The molecule has 1 saturated heterocycles. The highest BCUT2D eigenvalue weighted by molar-refractivity contribution is 7.88. The standard InChI is InChI=1S/C12H18N2O3S/c1-17-12-5-3-11(4-6-12)13-7-9-14(10-8-13)18(2,15)16/h3-6H,7-10H2,1-2H3/p+1. The molecule has 0 bridgehead atoms. The zero-order valence-electron chi connectivity index (χ0n) is 10.7. The first-order valence-electron chi connectivity index (χ1n) is 5.95. The lowest BCUT2D eigenvalue weighted by atomic mass is 10.2. The molecule has 0 amide bonds. The largest absolute Gasteiger partial charge is 0.497 e. The summed E-state index contributed by atoms with van der Waals surface area (Å²) >= 11 is 0. The van der Waals surface area contributed by atoms with E-state index in [9.17, 15) is 8.42 Å². The number of ether oxygens (including phenoxy) is 1. The van der Waals surface area contributed by atoms with E-state index in [1.807, 2.05) is 24.3 Å². The first kappa shape index (κ1) is 13.3. The van der Waals surface area contributed by atoms with Crippen molar-refractivity contribution in [3.05, 3.63) is 24.3 Å². The van der Waals surface area contributed by atoms with Crippen LogP contribution in [0.3, 0.4) is 0 Å². The Kier molecular flexibility index (Phi) is 3.89. The maximum Gasteiger partial charge on any atom is 0.211 e. The second-order valence-corrected chi connectivity index (χ2v) is 6.48. The molecular weight excluding hydrogens is 252 g/mol. The van der Waals surface area contributed by atoms with E-state index in [0.29, 0.717) is 13.1 Å². The summed E-state index contributed by atoms with van der Waals surface area (Å²) in [5.74, 6) is 0.841. The molecule has 1 fully saturated rings. The van der Waals surface area contributed by atoms with Gasteiger partial charge in [0.05, 0.1) is 39.5 Å². The minimum Gasteiger partial charge on any atom is -0.497 e. The van der Waals surface area contributed by atoms with Gasteiger partial charge in [-0.25, -0.2) is 8.42 Å². The number of nitrogens with one attached hydrogen (secondary N) is 1. The summed E-state index contributed by atoms with van der Waals surface area (Å²) in [4.78, 5) is 1.32. The van der Waals surface area contributed by atoms with E-state index in [1.165, 1.54) is 16.8 Å². The molecule has 0 spiro atoms. The normalized spacial score (nSPS) is 18.8. The predicted octanol–water partition coefficient (Wildman–Crippen LogP) is -0.513. The number of benzene rings is 1. The fraction of sp³-hybridized carbons (Fsp3) is 0.500. The molecule has 2 rings (SSSR count). The second kappa shape index (κ2) is 5.26. The Morgan fingerprint density at radius 3 is 2.17 bits per heavy atom. The Labute approximate surface area is 108 Å². The molecule has 1 heterocycles. The molecule has 0 atom stereocenters. The summed E-state index contributed by atoms with van der Waals surface area (Å²) in [6, 6.07) is 7.94. The van der Waals surface area contributed by atoms with Gasteiger partial charge < -0.3 is 9.64 Å². The van der Waals surface area contributed by atoms with E-state index in [0.717, 1.165) is 18.8 Å². The highest BCUT2D eigenvalue weighted by Gasteiger charge is 2.26. The van der Waals surface area contributed by atoms with Crippen molar-refractivity contribution >= 4 is 15.7 Å². The first-order valence-corrected chi connectivity index (χ1v) is 7.80. The number of rotatable bonds is 3. The molecule has 18 heavy (non-hydrogen) atoms. The summed E-state index contributed by atoms with van der Waals surface area (Å²) in [5, 5.41) is 0. The van der Waals surface area contributed by atoms with E-state index in [1.54, 1.807) is 11.4 Å². The minimum absolute atomic E-state index is 0.584. The predicted molar refractivity (Wildman–Crippen MR) is 69.8 cm³/mol. The Balaban J connectivity index is 2.01. The van der Waals surface area contributed by atoms with Crippen molar-refractivity contribution in [3.63, 3.8) is 0 Å². The van der Waals surface area contributed by atoms with Crippen molar-refractivity contribution in [2.24, 2.45) is 0 Å². The molecule has 1 N–H and O–H groups in total. The maximum atomic E-state index is 11.4. The summed E-state index contributed by atoms with van der Waals surface area (Å²) < 4.78 is 29.5. The van der Waals surface area contributed by atoms with Crippen molar-refractivity contribution in [2.75, 3.05) is 39.5 Å². The summed E-state index contributed by atoms with van der Waals surface area (Å²) in [7, 11) is -1.40. The van der Waals surface area contributed by atoms with Gasteiger partial charge in [-0.05, 0) is 12.1 Å². The lowest BCUT2D eigenvalue weighted by molar-refractivity contribution is -0.837. The Morgan fingerprint density at radius 2 is 1.72 bits per heavy atom. The molecule has 0 aliphatic carbocycles. The molecule has 1 aromatic rings. The minimum atomic E-state index is -3.04. The molecule has 1 aromatic carbocycles. The van der Waals surface area contributed by atoms with Crippen LogP contribution in [-0.2, 0) is 10.0 Å². The Hall–Kier alpha value is -1.11. The zero-order valence-corrected chi connectivity index (χ0v) is 11.5. The SMILES string of the molecule is COc1ccc([NH+]2CCN(S(C)(=O)=O)CC2)cc1. The zero-order chi connectivity index (χ0) is 13.2. The second-order valence-electron chi connectivity index (χ2n) is 4.49. The van der Waals surface area contributed by atoms with Crippen molar-refractivity contribution in [2.45, 2.75) is 0 Å². The van der Waals surface area contributed by atoms with Gasteiger partial charge in [0.2, 0.25) is 10.0 Å². The Morgan fingerprint density at radius 1 is 1.17 bits per heavy atom. The van der Waals surface area contributed by atoms with Gasteiger partial charge in [-0.15, -0.1) is 0 Å². The molecule has 100 valence electrons. The molecular formula is C12H19N2O3S+. The van der Waals surface area contributed by atoms with Crippen LogP contribution in [0.25, 0.3) is 0 Å². The lowest BCUT2D eigenvalue weighted by Crippen LogP contribution is -3.10. The van der Waals surface area contributed by atoms with E-state index >= 15 is 0 Å². The van der Waals surface area contributed by atoms with Crippen molar-refractivity contribution in [1.82, 2.24) is 4.31 Å². The summed E-state index contributed by atoms with van der Waals surface area (Å²) in [5.41, 5.74) is 1.18. The Bertz CT molecular complexity index is 491. The van der Waals surface area contributed by atoms with Crippen LogP contribution < -0.4 is 9.64 Å². The summed E-state index contributed by atoms with van der Waals surface area (Å²) in [6.07, 6.45) is 1.27. The average molecular weight is 271 g/mol. The highest BCUT2D eigenvalue weighted by atomic mass is 32.2. The molecule has 1 aliphatic rings. The maximum absolute atomic E-state index is 11.4. The topological polar surface area (TPSA) is 51.1 Å². The van der Waals surface area contributed by atoms with E-state index in [4.69, 9.17) is 4.74 Å². The van der Waals surface area contributed by atoms with Gasteiger partial charge >= 0.3 is 0 Å². The number of methoxy groups -OCH3 is 1. The van der Waals surface area contributed by atoms with E-state index in [2.05, 4.69) is 0 Å². The number of hydrogen-bond acceptors (Lipinski definition) is 3. The van der Waals surface area contributed by atoms with Crippen LogP contribution >= 0.6 is 0 Å². The lowest BCUT2D eigenvalue weighted by Gasteiger charge is -2.30. The van der Waals surface area contributed by atoms with Crippen LogP contribution in [0.2, 0.25) is 0 Å². The molecule has 0 unspecified atom stereocenters. The average Bonchev–Trinajstić information content (AvgIpc) is 2.38. The van der Waals surface area contributed by atoms with Gasteiger partial charge in [-0.3, -0.25) is 0 Å². The molecule has 0 saturated carbocycles. The van der Waals surface area contributed by atoms with E-state index in [-0.39, 0.29) is 0 Å². The van der Waals surface area contributed by atoms with Crippen LogP contribution in [0, 0.1) is 0 Å². The van der Waals surface area contributed by atoms with Crippen molar-refractivity contribution < 1.29 is 18.1 Å². The van der Waals surface area contributed by atoms with Crippen LogP contribution in [-0.4, -0.2) is 52.3 Å². The van der Waals surface area contributed by atoms with Crippen molar-refractivity contribution in [3.8, 4) is 5.75 Å². The van der Waals surface area contributed by atoms with Gasteiger partial charge in [-0.2, -0.15) is 4.31 Å². The van der Waals surface area contributed by atoms with Gasteiger partial charge in [0, 0.05) is 12.1 Å². The van der Waals surface area contributed by atoms with E-state index < -0.39 is 10.0 Å². The molecule has 1 aliphatic heterocycles. The van der Waals surface area contributed by atoms with Crippen LogP contribution in [0.15, 0.2) is 24.3 Å². The van der Waals surface area contributed by atoms with Crippen LogP contribution in [0.1, 0.15) is 0 Å². The van der Waals surface area contributed by atoms with Gasteiger partial charge in [0.25, 0.3) is 0 Å². The third-order valence-electron chi connectivity index (χ3n) is 3.29. The summed E-state index contributed by atoms with van der Waals surface area (Å²) in [6.45, 7) is 2.78. The molecule has 0 radical (unpaired) electrons. The first-order chi connectivity index (χ1) is 8.50. The third-order valence-corrected chi connectivity index (χ3v) is 4.60. The number of hydrogen-bond donors (Lipinski definition) is 1. The van der Waals surface area contributed by atoms with Gasteiger partial charge in [0.15, 0.2) is 0 Å². The van der Waals surface area contributed by atoms with Gasteiger partial charge in [-0.1, -0.05) is 0 Å². The van der Waals surface area contributed by atoms with Gasteiger partial charge in [0.1, 0.15) is 11.4 Å².